The van der Waals surface area contributed by atoms with Gasteiger partial charge in [-0.25, -0.2) is 0 Å². The molecule has 2 heterocycles. The van der Waals surface area contributed by atoms with E-state index in [4.69, 9.17) is 21.4 Å². The first kappa shape index (κ1) is 15.2. The molecule has 0 amide bonds. The minimum atomic E-state index is -0.0900. The van der Waals surface area contributed by atoms with Crippen LogP contribution in [0.3, 0.4) is 0 Å². The number of para-hydroxylation sites is 2. The number of hydrogen-bond donors (Lipinski definition) is 0. The van der Waals surface area contributed by atoms with Crippen molar-refractivity contribution in [2.45, 2.75) is 26.4 Å². The lowest BCUT2D eigenvalue weighted by molar-refractivity contribution is -0.150. The number of carbonyl (C=O) groups excluding carboxylic acids is 1. The molecule has 0 unspecified atom stereocenters. The number of esters is 1. The van der Waals surface area contributed by atoms with Crippen molar-refractivity contribution in [2.24, 2.45) is 5.92 Å². The number of aromatic nitrogens is 1. The van der Waals surface area contributed by atoms with Gasteiger partial charge >= 0.3 is 5.97 Å². The zero-order chi connectivity index (χ0) is 15.5. The summed E-state index contributed by atoms with van der Waals surface area (Å²) in [6.07, 6.45) is 1.89. The van der Waals surface area contributed by atoms with Gasteiger partial charge in [0.05, 0.1) is 24.7 Å². The number of fused-ring (bicyclic) bond motifs is 1. The molecule has 1 aliphatic heterocycles. The summed E-state index contributed by atoms with van der Waals surface area (Å²) in [6, 6.07) is 7.82. The molecule has 3 rings (SSSR count). The second-order valence-corrected chi connectivity index (χ2v) is 5.92. The number of nitrogens with zero attached hydrogens (tertiary/aromatic N) is 2. The van der Waals surface area contributed by atoms with Gasteiger partial charge < -0.3 is 9.15 Å². The summed E-state index contributed by atoms with van der Waals surface area (Å²) in [4.78, 5) is 14.6. The highest BCUT2D eigenvalue weighted by molar-refractivity contribution is 7.71. The zero-order valence-electron chi connectivity index (χ0n) is 12.7. The van der Waals surface area contributed by atoms with Gasteiger partial charge in [0.2, 0.25) is 0 Å². The molecule has 0 aliphatic carbocycles. The van der Waals surface area contributed by atoms with Crippen LogP contribution in [0.2, 0.25) is 0 Å². The van der Waals surface area contributed by atoms with Crippen LogP contribution in [0.15, 0.2) is 28.7 Å². The van der Waals surface area contributed by atoms with Gasteiger partial charge in [0, 0.05) is 6.54 Å². The molecule has 1 aliphatic rings. The molecule has 0 spiro atoms. The van der Waals surface area contributed by atoms with Gasteiger partial charge in [-0.2, -0.15) is 0 Å². The third-order valence-corrected chi connectivity index (χ3v) is 4.34. The number of piperidine rings is 1. The Balaban J connectivity index is 1.76. The Hall–Kier alpha value is -1.66. The third kappa shape index (κ3) is 3.08. The molecule has 1 saturated heterocycles. The number of hydrogen-bond acceptors (Lipinski definition) is 5. The van der Waals surface area contributed by atoms with Crippen LogP contribution < -0.4 is 0 Å². The Morgan fingerprint density at radius 2 is 2.27 bits per heavy atom. The van der Waals surface area contributed by atoms with Crippen LogP contribution in [-0.2, 0) is 16.2 Å². The summed E-state index contributed by atoms with van der Waals surface area (Å²) in [5.41, 5.74) is 1.79. The van der Waals surface area contributed by atoms with E-state index in [1.165, 1.54) is 0 Å². The molecular formula is C16H20N2O3S. The highest BCUT2D eigenvalue weighted by Crippen LogP contribution is 2.22. The van der Waals surface area contributed by atoms with E-state index in [1.807, 2.05) is 35.8 Å². The second kappa shape index (κ2) is 6.62. The summed E-state index contributed by atoms with van der Waals surface area (Å²) in [5.74, 6) is -0.131. The van der Waals surface area contributed by atoms with Gasteiger partial charge in [-0.1, -0.05) is 12.1 Å². The topological polar surface area (TPSA) is 47.6 Å². The molecular weight excluding hydrogens is 300 g/mol. The molecule has 0 bridgehead atoms. The van der Waals surface area contributed by atoms with Gasteiger partial charge in [-0.3, -0.25) is 14.3 Å². The third-order valence-electron chi connectivity index (χ3n) is 4.04. The molecule has 22 heavy (non-hydrogen) atoms. The second-order valence-electron chi connectivity index (χ2n) is 5.57. The van der Waals surface area contributed by atoms with Gasteiger partial charge in [0.25, 0.3) is 4.84 Å². The Morgan fingerprint density at radius 3 is 3.09 bits per heavy atom. The maximum atomic E-state index is 11.9. The molecule has 1 atom stereocenters. The molecule has 0 N–H and O–H groups in total. The van der Waals surface area contributed by atoms with Crippen LogP contribution in [0.4, 0.5) is 0 Å². The number of rotatable bonds is 4. The average molecular weight is 320 g/mol. The quantitative estimate of drug-likeness (QED) is 0.639. The van der Waals surface area contributed by atoms with E-state index in [9.17, 15) is 4.79 Å². The molecule has 0 radical (unpaired) electrons. The lowest BCUT2D eigenvalue weighted by Crippen LogP contribution is -2.40. The van der Waals surface area contributed by atoms with Crippen molar-refractivity contribution in [1.82, 2.24) is 9.47 Å². The van der Waals surface area contributed by atoms with E-state index >= 15 is 0 Å². The minimum Gasteiger partial charge on any atom is -0.466 e. The number of ether oxygens (including phenoxy) is 1. The van der Waals surface area contributed by atoms with Crippen LogP contribution in [0.25, 0.3) is 11.1 Å². The van der Waals surface area contributed by atoms with Crippen LogP contribution in [-0.4, -0.2) is 35.1 Å². The lowest BCUT2D eigenvalue weighted by atomic mass is 9.98. The van der Waals surface area contributed by atoms with E-state index < -0.39 is 0 Å². The number of likely N-dealkylation sites (tertiary alicyclic amines) is 1. The maximum Gasteiger partial charge on any atom is 0.310 e. The standard InChI is InChI=1S/C16H20N2O3S/c1-2-20-15(19)12-6-5-9-17(10-12)11-18-13-7-3-4-8-14(13)21-16(18)22/h3-4,7-8,12H,2,5-6,9-11H2,1H3/t12-/m1/s1. The van der Waals surface area contributed by atoms with E-state index in [2.05, 4.69) is 4.90 Å². The van der Waals surface area contributed by atoms with Crippen LogP contribution in [0, 0.1) is 10.8 Å². The average Bonchev–Trinajstić information content (AvgIpc) is 2.84. The predicted molar refractivity (Wildman–Crippen MR) is 86.0 cm³/mol. The normalized spacial score (nSPS) is 19.4. The van der Waals surface area contributed by atoms with E-state index in [1.54, 1.807) is 0 Å². The molecule has 1 aromatic heterocycles. The molecule has 1 fully saturated rings. The summed E-state index contributed by atoms with van der Waals surface area (Å²) >= 11 is 5.32. The van der Waals surface area contributed by atoms with Crippen molar-refractivity contribution < 1.29 is 13.9 Å². The first-order valence-corrected chi connectivity index (χ1v) is 8.07. The number of oxazole rings is 1. The fraction of sp³-hybridized carbons (Fsp3) is 0.500. The predicted octanol–water partition coefficient (Wildman–Crippen LogP) is 3.20. The van der Waals surface area contributed by atoms with Gasteiger partial charge in [0.1, 0.15) is 0 Å². The van der Waals surface area contributed by atoms with Crippen molar-refractivity contribution in [1.29, 1.82) is 0 Å². The molecule has 1 aromatic carbocycles. The highest BCUT2D eigenvalue weighted by atomic mass is 32.1. The minimum absolute atomic E-state index is 0.0407. The SMILES string of the molecule is CCOC(=O)[C@@H]1CCCN(Cn2c(=S)oc3ccccc32)C1. The van der Waals surface area contributed by atoms with Crippen LogP contribution in [0.5, 0.6) is 0 Å². The highest BCUT2D eigenvalue weighted by Gasteiger charge is 2.27. The Kier molecular flexibility index (Phi) is 4.59. The summed E-state index contributed by atoms with van der Waals surface area (Å²) < 4.78 is 12.7. The lowest BCUT2D eigenvalue weighted by Gasteiger charge is -2.31. The summed E-state index contributed by atoms with van der Waals surface area (Å²) in [6.45, 7) is 4.59. The fourth-order valence-corrected chi connectivity index (χ4v) is 3.23. The van der Waals surface area contributed by atoms with Crippen molar-refractivity contribution in [3.8, 4) is 0 Å². The molecule has 6 heteroatoms. The summed E-state index contributed by atoms with van der Waals surface area (Å²) in [5, 5.41) is 0. The fourth-order valence-electron chi connectivity index (χ4n) is 2.98. The first-order chi connectivity index (χ1) is 10.7. The zero-order valence-corrected chi connectivity index (χ0v) is 13.5. The van der Waals surface area contributed by atoms with Crippen LogP contribution >= 0.6 is 12.2 Å². The molecule has 118 valence electrons. The molecule has 0 saturated carbocycles. The number of carbonyl (C=O) groups is 1. The Bertz CT molecular complexity index is 721. The van der Waals surface area contributed by atoms with Crippen LogP contribution in [0.1, 0.15) is 19.8 Å². The Morgan fingerprint density at radius 1 is 1.45 bits per heavy atom. The van der Waals surface area contributed by atoms with E-state index in [-0.39, 0.29) is 11.9 Å². The first-order valence-electron chi connectivity index (χ1n) is 7.66. The van der Waals surface area contributed by atoms with E-state index in [0.29, 0.717) is 24.7 Å². The van der Waals surface area contributed by atoms with Crippen molar-refractivity contribution in [2.75, 3.05) is 19.7 Å². The van der Waals surface area contributed by atoms with Gasteiger partial charge in [-0.05, 0) is 50.7 Å². The monoisotopic (exact) mass is 320 g/mol. The van der Waals surface area contributed by atoms with E-state index in [0.717, 1.165) is 30.5 Å². The Labute approximate surface area is 134 Å². The summed E-state index contributed by atoms with van der Waals surface area (Å²) in [7, 11) is 0. The van der Waals surface area contributed by atoms with Crippen molar-refractivity contribution >= 4 is 29.3 Å². The smallest absolute Gasteiger partial charge is 0.310 e. The molecule has 5 nitrogen and oxygen atoms in total. The van der Waals surface area contributed by atoms with Crippen molar-refractivity contribution in [3.05, 3.63) is 29.1 Å². The van der Waals surface area contributed by atoms with Crippen molar-refractivity contribution in [3.63, 3.8) is 0 Å². The number of benzene rings is 1. The largest absolute Gasteiger partial charge is 0.466 e. The van der Waals surface area contributed by atoms with Gasteiger partial charge in [-0.15, -0.1) is 0 Å². The van der Waals surface area contributed by atoms with Gasteiger partial charge in [0.15, 0.2) is 5.58 Å². The molecule has 2 aromatic rings. The maximum absolute atomic E-state index is 11.9.